The van der Waals surface area contributed by atoms with Crippen molar-refractivity contribution < 1.29 is 9.53 Å². The molecule has 0 saturated heterocycles. The number of benzene rings is 2. The molecule has 0 radical (unpaired) electrons. The van der Waals surface area contributed by atoms with E-state index < -0.39 is 0 Å². The average Bonchev–Trinajstić information content (AvgIpc) is 3.14. The summed E-state index contributed by atoms with van der Waals surface area (Å²) in [5.74, 6) is 0.820. The zero-order chi connectivity index (χ0) is 21.8. The van der Waals surface area contributed by atoms with E-state index in [1.54, 1.807) is 18.4 Å². The summed E-state index contributed by atoms with van der Waals surface area (Å²) in [7, 11) is 5.75. The van der Waals surface area contributed by atoms with E-state index in [9.17, 15) is 4.79 Å². The van der Waals surface area contributed by atoms with Gasteiger partial charge in [0, 0.05) is 6.54 Å². The predicted molar refractivity (Wildman–Crippen MR) is 126 cm³/mol. The van der Waals surface area contributed by atoms with E-state index in [0.29, 0.717) is 13.0 Å². The molecule has 0 aliphatic carbocycles. The van der Waals surface area contributed by atoms with Crippen LogP contribution in [0.25, 0.3) is 10.2 Å². The molecule has 30 heavy (non-hydrogen) atoms. The van der Waals surface area contributed by atoms with Crippen molar-refractivity contribution >= 4 is 32.6 Å². The molecule has 0 spiro atoms. The number of amides is 1. The van der Waals surface area contributed by atoms with E-state index in [0.717, 1.165) is 45.2 Å². The molecule has 0 N–H and O–H groups in total. The van der Waals surface area contributed by atoms with Crippen molar-refractivity contribution in [3.05, 3.63) is 52.6 Å². The summed E-state index contributed by atoms with van der Waals surface area (Å²) < 4.78 is 6.57. The number of thiazole rings is 1. The van der Waals surface area contributed by atoms with Crippen molar-refractivity contribution in [2.75, 3.05) is 39.2 Å². The van der Waals surface area contributed by atoms with Crippen LogP contribution in [0.2, 0.25) is 0 Å². The van der Waals surface area contributed by atoms with Crippen LogP contribution in [-0.2, 0) is 11.2 Å². The Balaban J connectivity index is 1.93. The number of carbonyl (C=O) groups excluding carboxylic acids is 1. The number of fused-ring (bicyclic) bond motifs is 1. The first-order valence-corrected chi connectivity index (χ1v) is 11.1. The largest absolute Gasteiger partial charge is 0.494 e. The lowest BCUT2D eigenvalue weighted by atomic mass is 10.0. The van der Waals surface area contributed by atoms with Gasteiger partial charge in [-0.1, -0.05) is 35.6 Å². The highest BCUT2D eigenvalue weighted by molar-refractivity contribution is 7.22. The molecule has 0 aliphatic rings. The van der Waals surface area contributed by atoms with Crippen molar-refractivity contribution in [3.8, 4) is 5.75 Å². The van der Waals surface area contributed by atoms with Crippen LogP contribution in [0.15, 0.2) is 30.3 Å². The van der Waals surface area contributed by atoms with Gasteiger partial charge >= 0.3 is 0 Å². The maximum absolute atomic E-state index is 13.3. The molecule has 0 fully saturated rings. The molecule has 6 heteroatoms. The van der Waals surface area contributed by atoms with Gasteiger partial charge in [-0.2, -0.15) is 0 Å². The van der Waals surface area contributed by atoms with Gasteiger partial charge in [-0.25, -0.2) is 4.98 Å². The fourth-order valence-electron chi connectivity index (χ4n) is 3.43. The Hall–Kier alpha value is -2.44. The van der Waals surface area contributed by atoms with Gasteiger partial charge in [0.05, 0.1) is 18.2 Å². The second kappa shape index (κ2) is 9.58. The van der Waals surface area contributed by atoms with Gasteiger partial charge in [-0.15, -0.1) is 0 Å². The van der Waals surface area contributed by atoms with E-state index >= 15 is 0 Å². The summed E-state index contributed by atoms with van der Waals surface area (Å²) in [6.07, 6.45) is 1.26. The maximum Gasteiger partial charge on any atom is 0.233 e. The standard InChI is InChI=1S/C24H31N3O2S/c1-16-8-10-19(14-18(16)3)15-21(28)27(13-7-12-26(4)5)24-25-22-20(29-6)11-9-17(2)23(22)30-24/h8-11,14H,7,12-13,15H2,1-6H3. The number of ether oxygens (including phenoxy) is 1. The number of aryl methyl sites for hydroxylation is 3. The quantitative estimate of drug-likeness (QED) is 0.522. The van der Waals surface area contributed by atoms with Crippen molar-refractivity contribution in [1.29, 1.82) is 0 Å². The lowest BCUT2D eigenvalue weighted by Crippen LogP contribution is -2.34. The van der Waals surface area contributed by atoms with Crippen LogP contribution in [0.5, 0.6) is 5.75 Å². The first-order chi connectivity index (χ1) is 14.3. The second-order valence-electron chi connectivity index (χ2n) is 8.06. The van der Waals surface area contributed by atoms with E-state index in [-0.39, 0.29) is 5.91 Å². The van der Waals surface area contributed by atoms with Gasteiger partial charge in [-0.3, -0.25) is 9.69 Å². The lowest BCUT2D eigenvalue weighted by molar-refractivity contribution is -0.118. The van der Waals surface area contributed by atoms with Gasteiger partial charge in [0.25, 0.3) is 0 Å². The van der Waals surface area contributed by atoms with Crippen LogP contribution in [0, 0.1) is 20.8 Å². The third kappa shape index (κ3) is 4.99. The molecular formula is C24H31N3O2S. The maximum atomic E-state index is 13.3. The number of rotatable bonds is 8. The molecule has 0 unspecified atom stereocenters. The highest BCUT2D eigenvalue weighted by atomic mass is 32.1. The zero-order valence-corrected chi connectivity index (χ0v) is 19.6. The molecule has 2 aromatic carbocycles. The topological polar surface area (TPSA) is 45.7 Å². The number of methoxy groups -OCH3 is 1. The minimum atomic E-state index is 0.0766. The molecule has 1 amide bonds. The molecule has 160 valence electrons. The molecule has 3 aromatic rings. The van der Waals surface area contributed by atoms with Crippen molar-refractivity contribution in [2.24, 2.45) is 0 Å². The Labute approximate surface area is 183 Å². The summed E-state index contributed by atoms with van der Waals surface area (Å²) in [5, 5.41) is 0.741. The smallest absolute Gasteiger partial charge is 0.233 e. The molecule has 0 bridgehead atoms. The van der Waals surface area contributed by atoms with Crippen LogP contribution in [0.3, 0.4) is 0 Å². The zero-order valence-electron chi connectivity index (χ0n) is 18.8. The number of hydrogen-bond acceptors (Lipinski definition) is 5. The van der Waals surface area contributed by atoms with E-state index in [1.807, 2.05) is 37.2 Å². The van der Waals surface area contributed by atoms with Crippen LogP contribution >= 0.6 is 11.3 Å². The summed E-state index contributed by atoms with van der Waals surface area (Å²) in [6, 6.07) is 10.2. The molecule has 0 aliphatic heterocycles. The molecular weight excluding hydrogens is 394 g/mol. The normalized spacial score (nSPS) is 11.3. The number of nitrogens with zero attached hydrogens (tertiary/aromatic N) is 3. The number of anilines is 1. The molecule has 0 atom stereocenters. The third-order valence-corrected chi connectivity index (χ3v) is 6.57. The van der Waals surface area contributed by atoms with E-state index in [4.69, 9.17) is 9.72 Å². The van der Waals surface area contributed by atoms with Gasteiger partial charge in [0.1, 0.15) is 11.3 Å². The summed E-state index contributed by atoms with van der Waals surface area (Å²) in [6.45, 7) is 7.80. The molecule has 1 aromatic heterocycles. The molecule has 5 nitrogen and oxygen atoms in total. The summed E-state index contributed by atoms with van der Waals surface area (Å²) in [5.41, 5.74) is 5.46. The first-order valence-electron chi connectivity index (χ1n) is 10.3. The number of carbonyl (C=O) groups is 1. The minimum absolute atomic E-state index is 0.0766. The van der Waals surface area contributed by atoms with Crippen LogP contribution in [0.1, 0.15) is 28.7 Å². The van der Waals surface area contributed by atoms with Crippen LogP contribution < -0.4 is 9.64 Å². The molecule has 1 heterocycles. The number of aromatic nitrogens is 1. The molecule has 3 rings (SSSR count). The Morgan fingerprint density at radius 2 is 1.77 bits per heavy atom. The fourth-order valence-corrected chi connectivity index (χ4v) is 4.53. The lowest BCUT2D eigenvalue weighted by Gasteiger charge is -2.21. The monoisotopic (exact) mass is 425 g/mol. The van der Waals surface area contributed by atoms with Gasteiger partial charge < -0.3 is 9.64 Å². The van der Waals surface area contributed by atoms with Crippen molar-refractivity contribution in [3.63, 3.8) is 0 Å². The highest BCUT2D eigenvalue weighted by Crippen LogP contribution is 2.36. The van der Waals surface area contributed by atoms with Crippen molar-refractivity contribution in [1.82, 2.24) is 9.88 Å². The summed E-state index contributed by atoms with van der Waals surface area (Å²) in [4.78, 5) is 22.2. The Kier molecular flexibility index (Phi) is 7.10. The Morgan fingerprint density at radius 3 is 2.43 bits per heavy atom. The van der Waals surface area contributed by atoms with Gasteiger partial charge in [0.2, 0.25) is 5.91 Å². The van der Waals surface area contributed by atoms with E-state index in [1.165, 1.54) is 11.1 Å². The Morgan fingerprint density at radius 1 is 1.03 bits per heavy atom. The van der Waals surface area contributed by atoms with Gasteiger partial charge in [-0.05, 0) is 76.2 Å². The first kappa shape index (κ1) is 22.2. The third-order valence-electron chi connectivity index (χ3n) is 5.36. The second-order valence-corrected chi connectivity index (χ2v) is 9.03. The average molecular weight is 426 g/mol. The van der Waals surface area contributed by atoms with Crippen molar-refractivity contribution in [2.45, 2.75) is 33.6 Å². The molecule has 0 saturated carbocycles. The summed E-state index contributed by atoms with van der Waals surface area (Å²) >= 11 is 1.57. The fraction of sp³-hybridized carbons (Fsp3) is 0.417. The highest BCUT2D eigenvalue weighted by Gasteiger charge is 2.22. The van der Waals surface area contributed by atoms with E-state index in [2.05, 4.69) is 37.8 Å². The predicted octanol–water partition coefficient (Wildman–Crippen LogP) is 4.76. The minimum Gasteiger partial charge on any atom is -0.494 e. The number of hydrogen-bond donors (Lipinski definition) is 0. The van der Waals surface area contributed by atoms with Crippen LogP contribution in [-0.4, -0.2) is 50.1 Å². The SMILES string of the molecule is COc1ccc(C)c2sc(N(CCCN(C)C)C(=O)Cc3ccc(C)c(C)c3)nc12. The Bertz CT molecular complexity index is 1040. The van der Waals surface area contributed by atoms with Crippen LogP contribution in [0.4, 0.5) is 5.13 Å². The van der Waals surface area contributed by atoms with Gasteiger partial charge in [0.15, 0.2) is 5.13 Å².